The van der Waals surface area contributed by atoms with Crippen LogP contribution in [0.4, 0.5) is 24.7 Å². The zero-order valence-electron chi connectivity index (χ0n) is 7.88. The minimum atomic E-state index is -4.87. The lowest BCUT2D eigenvalue weighted by Crippen LogP contribution is -2.19. The van der Waals surface area contributed by atoms with Crippen molar-refractivity contribution in [2.24, 2.45) is 0 Å². The summed E-state index contributed by atoms with van der Waals surface area (Å²) in [4.78, 5) is 3.64. The van der Waals surface area contributed by atoms with Gasteiger partial charge in [0, 0.05) is 6.07 Å². The summed E-state index contributed by atoms with van der Waals surface area (Å²) in [6.07, 6.45) is -5.11. The Kier molecular flexibility index (Phi) is 3.08. The largest absolute Gasteiger partial charge is 0.573 e. The summed E-state index contributed by atoms with van der Waals surface area (Å²) in [5.41, 5.74) is 10.2. The molecule has 1 aromatic heterocycles. The van der Waals surface area contributed by atoms with Gasteiger partial charge >= 0.3 is 6.36 Å². The first-order chi connectivity index (χ1) is 7.33. The van der Waals surface area contributed by atoms with Crippen LogP contribution < -0.4 is 16.2 Å². The molecule has 0 saturated carbocycles. The predicted octanol–water partition coefficient (Wildman–Crippen LogP) is 1.21. The average Bonchev–Trinajstić information content (AvgIpc) is 2.11. The van der Waals surface area contributed by atoms with Gasteiger partial charge in [0.05, 0.1) is 23.9 Å². The molecule has 5 nitrogen and oxygen atoms in total. The standard InChI is InChI=1S/C8H7F3N4O/c9-8(10,11)16-5-3-6(13)15-4(1-2-12)7(5)14/h3H,1,14H2,(H2,13,15). The van der Waals surface area contributed by atoms with Gasteiger partial charge in [0.2, 0.25) is 0 Å². The molecule has 8 heteroatoms. The molecule has 0 aromatic carbocycles. The number of alkyl halides is 3. The molecular weight excluding hydrogens is 225 g/mol. The van der Waals surface area contributed by atoms with E-state index in [0.29, 0.717) is 0 Å². The second kappa shape index (κ2) is 4.14. The average molecular weight is 232 g/mol. The van der Waals surface area contributed by atoms with E-state index in [1.807, 2.05) is 0 Å². The topological polar surface area (TPSA) is 98.0 Å². The fourth-order valence-corrected chi connectivity index (χ4v) is 1.02. The lowest BCUT2D eigenvalue weighted by atomic mass is 10.2. The number of nitrogen functional groups attached to an aromatic ring is 2. The smallest absolute Gasteiger partial charge is 0.403 e. The van der Waals surface area contributed by atoms with Crippen LogP contribution in [-0.4, -0.2) is 11.3 Å². The van der Waals surface area contributed by atoms with Crippen LogP contribution >= 0.6 is 0 Å². The van der Waals surface area contributed by atoms with Gasteiger partial charge < -0.3 is 16.2 Å². The van der Waals surface area contributed by atoms with Crippen molar-refractivity contribution in [2.45, 2.75) is 12.8 Å². The Hall–Kier alpha value is -2.17. The summed E-state index contributed by atoms with van der Waals surface area (Å²) in [5.74, 6) is -0.844. The molecule has 0 radical (unpaired) electrons. The minimum Gasteiger partial charge on any atom is -0.403 e. The molecule has 1 aromatic rings. The van der Waals surface area contributed by atoms with Crippen LogP contribution in [-0.2, 0) is 6.42 Å². The van der Waals surface area contributed by atoms with Gasteiger partial charge in [0.1, 0.15) is 5.82 Å². The Morgan fingerprint density at radius 3 is 2.56 bits per heavy atom. The first-order valence-electron chi connectivity index (χ1n) is 4.01. The number of hydrogen-bond donors (Lipinski definition) is 2. The molecule has 0 fully saturated rings. The molecule has 1 heterocycles. The van der Waals surface area contributed by atoms with E-state index in [4.69, 9.17) is 16.7 Å². The molecule has 4 N–H and O–H groups in total. The molecule has 0 unspecified atom stereocenters. The maximum Gasteiger partial charge on any atom is 0.573 e. The fraction of sp³-hybridized carbons (Fsp3) is 0.250. The van der Waals surface area contributed by atoms with Crippen molar-refractivity contribution in [3.8, 4) is 11.8 Å². The van der Waals surface area contributed by atoms with Crippen molar-refractivity contribution < 1.29 is 17.9 Å². The molecule has 0 bridgehead atoms. The van der Waals surface area contributed by atoms with Crippen LogP contribution in [0.15, 0.2) is 6.07 Å². The van der Waals surface area contributed by atoms with E-state index in [2.05, 4.69) is 9.72 Å². The van der Waals surface area contributed by atoms with E-state index < -0.39 is 12.1 Å². The van der Waals surface area contributed by atoms with Gasteiger partial charge in [-0.05, 0) is 0 Å². The van der Waals surface area contributed by atoms with Gasteiger partial charge in [-0.25, -0.2) is 4.98 Å². The highest BCUT2D eigenvalue weighted by Gasteiger charge is 2.32. The van der Waals surface area contributed by atoms with Gasteiger partial charge in [-0.2, -0.15) is 5.26 Å². The van der Waals surface area contributed by atoms with Gasteiger partial charge in [-0.3, -0.25) is 0 Å². The highest BCUT2D eigenvalue weighted by molar-refractivity contribution is 5.60. The van der Waals surface area contributed by atoms with Crippen molar-refractivity contribution in [2.75, 3.05) is 11.5 Å². The highest BCUT2D eigenvalue weighted by atomic mass is 19.4. The summed E-state index contributed by atoms with van der Waals surface area (Å²) in [6.45, 7) is 0. The number of pyridine rings is 1. The zero-order valence-corrected chi connectivity index (χ0v) is 7.88. The number of anilines is 2. The number of nitriles is 1. The molecule has 0 atom stereocenters. The number of aromatic nitrogens is 1. The summed E-state index contributed by atoms with van der Waals surface area (Å²) >= 11 is 0. The monoisotopic (exact) mass is 232 g/mol. The first kappa shape index (κ1) is 11.9. The van der Waals surface area contributed by atoms with Crippen LogP contribution in [0.25, 0.3) is 0 Å². The maximum atomic E-state index is 12.0. The zero-order chi connectivity index (χ0) is 12.3. The van der Waals surface area contributed by atoms with E-state index in [-0.39, 0.29) is 23.6 Å². The second-order valence-electron chi connectivity index (χ2n) is 2.79. The number of rotatable bonds is 2. The third-order valence-corrected chi connectivity index (χ3v) is 1.59. The molecule has 86 valence electrons. The SMILES string of the molecule is N#CCc1nc(N)cc(OC(F)(F)F)c1N. The predicted molar refractivity (Wildman–Crippen MR) is 49.1 cm³/mol. The normalized spacial score (nSPS) is 10.9. The van der Waals surface area contributed by atoms with Crippen molar-refractivity contribution in [1.29, 1.82) is 5.26 Å². The lowest BCUT2D eigenvalue weighted by Gasteiger charge is -2.13. The van der Waals surface area contributed by atoms with Gasteiger partial charge in [0.15, 0.2) is 5.75 Å². The van der Waals surface area contributed by atoms with E-state index in [1.54, 1.807) is 6.07 Å². The second-order valence-corrected chi connectivity index (χ2v) is 2.79. The molecule has 16 heavy (non-hydrogen) atoms. The van der Waals surface area contributed by atoms with E-state index in [1.165, 1.54) is 0 Å². The van der Waals surface area contributed by atoms with Crippen LogP contribution in [0.2, 0.25) is 0 Å². The molecule has 0 aliphatic heterocycles. The van der Waals surface area contributed by atoms with Crippen molar-refractivity contribution in [3.63, 3.8) is 0 Å². The number of nitrogens with zero attached hydrogens (tertiary/aromatic N) is 2. The highest BCUT2D eigenvalue weighted by Crippen LogP contribution is 2.31. The molecule has 0 aliphatic rings. The van der Waals surface area contributed by atoms with E-state index in [0.717, 1.165) is 6.07 Å². The Labute approximate surface area is 88.4 Å². The van der Waals surface area contributed by atoms with Crippen molar-refractivity contribution in [1.82, 2.24) is 4.98 Å². The quantitative estimate of drug-likeness (QED) is 0.798. The Morgan fingerprint density at radius 1 is 1.44 bits per heavy atom. The molecule has 0 spiro atoms. The molecular formula is C8H7F3N4O. The summed E-state index contributed by atoms with van der Waals surface area (Å²) in [5, 5.41) is 8.41. The lowest BCUT2D eigenvalue weighted by molar-refractivity contribution is -0.274. The molecule has 0 saturated heterocycles. The number of hydrogen-bond acceptors (Lipinski definition) is 5. The third-order valence-electron chi connectivity index (χ3n) is 1.59. The van der Waals surface area contributed by atoms with Gasteiger partial charge in [-0.1, -0.05) is 0 Å². The summed E-state index contributed by atoms with van der Waals surface area (Å²) in [7, 11) is 0. The van der Waals surface area contributed by atoms with Crippen LogP contribution in [0.3, 0.4) is 0 Å². The first-order valence-corrected chi connectivity index (χ1v) is 4.01. The Balaban J connectivity index is 3.15. The number of nitrogens with two attached hydrogens (primary N) is 2. The maximum absolute atomic E-state index is 12.0. The van der Waals surface area contributed by atoms with Crippen LogP contribution in [0, 0.1) is 11.3 Å². The van der Waals surface area contributed by atoms with Gasteiger partial charge in [-0.15, -0.1) is 13.2 Å². The number of halogens is 3. The van der Waals surface area contributed by atoms with Gasteiger partial charge in [0.25, 0.3) is 0 Å². The van der Waals surface area contributed by atoms with E-state index in [9.17, 15) is 13.2 Å². The molecule has 0 aliphatic carbocycles. The summed E-state index contributed by atoms with van der Waals surface area (Å²) < 4.78 is 39.5. The Morgan fingerprint density at radius 2 is 2.06 bits per heavy atom. The fourth-order valence-electron chi connectivity index (χ4n) is 1.02. The minimum absolute atomic E-state index is 0.0400. The van der Waals surface area contributed by atoms with E-state index >= 15 is 0 Å². The van der Waals surface area contributed by atoms with Crippen LogP contribution in [0.1, 0.15) is 5.69 Å². The third kappa shape index (κ3) is 2.91. The Bertz CT molecular complexity index is 438. The molecule has 1 rings (SSSR count). The summed E-state index contributed by atoms with van der Waals surface area (Å²) in [6, 6.07) is 2.56. The van der Waals surface area contributed by atoms with Crippen molar-refractivity contribution in [3.05, 3.63) is 11.8 Å². The molecule has 0 amide bonds. The van der Waals surface area contributed by atoms with Crippen molar-refractivity contribution >= 4 is 11.5 Å². The van der Waals surface area contributed by atoms with Crippen LogP contribution in [0.5, 0.6) is 5.75 Å². The number of ether oxygens (including phenoxy) is 1.